The second kappa shape index (κ2) is 8.82. The van der Waals surface area contributed by atoms with Gasteiger partial charge >= 0.3 is 0 Å². The van der Waals surface area contributed by atoms with E-state index in [0.717, 1.165) is 19.3 Å². The first-order valence-electron chi connectivity index (χ1n) is 9.02. The third-order valence-corrected chi connectivity index (χ3v) is 4.89. The quantitative estimate of drug-likeness (QED) is 0.610. The maximum absolute atomic E-state index is 12.4. The van der Waals surface area contributed by atoms with Crippen LogP contribution in [0.5, 0.6) is 0 Å². The fourth-order valence-electron chi connectivity index (χ4n) is 3.17. The SMILES string of the molecule is O=C(CCC(=O)c1ccc2c(c1)CCCC2)NNC(=O)c1cccc(Cl)c1. The number of carbonyl (C=O) groups excluding carboxylic acids is 3. The van der Waals surface area contributed by atoms with E-state index in [1.54, 1.807) is 18.2 Å². The van der Waals surface area contributed by atoms with Crippen molar-refractivity contribution in [3.05, 3.63) is 69.7 Å². The first-order chi connectivity index (χ1) is 13.0. The summed E-state index contributed by atoms with van der Waals surface area (Å²) in [7, 11) is 0. The fourth-order valence-corrected chi connectivity index (χ4v) is 3.36. The second-order valence-electron chi connectivity index (χ2n) is 6.63. The molecule has 2 N–H and O–H groups in total. The van der Waals surface area contributed by atoms with Crippen molar-refractivity contribution in [2.75, 3.05) is 0 Å². The summed E-state index contributed by atoms with van der Waals surface area (Å²) in [4.78, 5) is 36.2. The van der Waals surface area contributed by atoms with E-state index in [9.17, 15) is 14.4 Å². The minimum atomic E-state index is -0.466. The van der Waals surface area contributed by atoms with Crippen LogP contribution in [0.3, 0.4) is 0 Å². The molecular weight excluding hydrogens is 364 g/mol. The zero-order chi connectivity index (χ0) is 19.2. The molecular formula is C21H21ClN2O3. The molecule has 1 aliphatic rings. The molecule has 0 spiro atoms. The smallest absolute Gasteiger partial charge is 0.269 e. The Morgan fingerprint density at radius 2 is 1.63 bits per heavy atom. The lowest BCUT2D eigenvalue weighted by Gasteiger charge is -2.16. The summed E-state index contributed by atoms with van der Waals surface area (Å²) in [5.41, 5.74) is 8.19. The highest BCUT2D eigenvalue weighted by atomic mass is 35.5. The number of carbonyl (C=O) groups is 3. The van der Waals surface area contributed by atoms with Gasteiger partial charge in [0.15, 0.2) is 5.78 Å². The van der Waals surface area contributed by atoms with E-state index in [-0.39, 0.29) is 18.6 Å². The van der Waals surface area contributed by atoms with Crippen LogP contribution in [0.1, 0.15) is 57.5 Å². The standard InChI is InChI=1S/C21H21ClN2O3/c22-18-7-3-6-17(13-18)21(27)24-23-20(26)11-10-19(25)16-9-8-14-4-1-2-5-15(14)12-16/h3,6-9,12-13H,1-2,4-5,10-11H2,(H,23,26)(H,24,27). The minimum Gasteiger partial charge on any atom is -0.294 e. The van der Waals surface area contributed by atoms with Crippen LogP contribution >= 0.6 is 11.6 Å². The number of amides is 2. The summed E-state index contributed by atoms with van der Waals surface area (Å²) in [5.74, 6) is -0.955. The predicted molar refractivity (Wildman–Crippen MR) is 104 cm³/mol. The largest absolute Gasteiger partial charge is 0.294 e. The van der Waals surface area contributed by atoms with E-state index in [2.05, 4.69) is 10.9 Å². The first-order valence-corrected chi connectivity index (χ1v) is 9.40. The highest BCUT2D eigenvalue weighted by molar-refractivity contribution is 6.30. The Balaban J connectivity index is 1.47. The van der Waals surface area contributed by atoms with Crippen molar-refractivity contribution >= 4 is 29.2 Å². The molecule has 1 aliphatic carbocycles. The lowest BCUT2D eigenvalue weighted by atomic mass is 9.89. The number of rotatable bonds is 5. The maximum Gasteiger partial charge on any atom is 0.269 e. The molecule has 0 atom stereocenters. The zero-order valence-corrected chi connectivity index (χ0v) is 15.6. The molecule has 0 bridgehead atoms. The van der Waals surface area contributed by atoms with E-state index < -0.39 is 11.8 Å². The summed E-state index contributed by atoms with van der Waals surface area (Å²) in [6, 6.07) is 12.2. The van der Waals surface area contributed by atoms with Gasteiger partial charge in [0.1, 0.15) is 0 Å². The van der Waals surface area contributed by atoms with Gasteiger partial charge in [0, 0.05) is 29.0 Å². The van der Waals surface area contributed by atoms with E-state index in [1.165, 1.54) is 23.6 Å². The molecule has 0 unspecified atom stereocenters. The summed E-state index contributed by atoms with van der Waals surface area (Å²) in [5, 5.41) is 0.435. The Labute approximate surface area is 163 Å². The average molecular weight is 385 g/mol. The lowest BCUT2D eigenvalue weighted by molar-refractivity contribution is -0.121. The highest BCUT2D eigenvalue weighted by Gasteiger charge is 2.14. The molecule has 0 saturated carbocycles. The van der Waals surface area contributed by atoms with E-state index >= 15 is 0 Å². The molecule has 0 radical (unpaired) electrons. The number of nitrogens with one attached hydrogen (secondary N) is 2. The number of benzene rings is 2. The van der Waals surface area contributed by atoms with Gasteiger partial charge in [0.2, 0.25) is 5.91 Å². The first kappa shape index (κ1) is 19.1. The maximum atomic E-state index is 12.4. The van der Waals surface area contributed by atoms with Gasteiger partial charge in [-0.3, -0.25) is 25.2 Å². The van der Waals surface area contributed by atoms with E-state index in [4.69, 9.17) is 11.6 Å². The number of halogens is 1. The summed E-state index contributed by atoms with van der Waals surface area (Å²) < 4.78 is 0. The molecule has 0 aliphatic heterocycles. The number of Topliss-reactive ketones (excluding diaryl/α,β-unsaturated/α-hetero) is 1. The van der Waals surface area contributed by atoms with Gasteiger partial charge in [0.05, 0.1) is 0 Å². The van der Waals surface area contributed by atoms with Gasteiger partial charge in [-0.05, 0) is 61.1 Å². The van der Waals surface area contributed by atoms with Crippen LogP contribution in [0.25, 0.3) is 0 Å². The molecule has 2 aromatic rings. The van der Waals surface area contributed by atoms with Crippen molar-refractivity contribution < 1.29 is 14.4 Å². The molecule has 0 heterocycles. The van der Waals surface area contributed by atoms with Crippen LogP contribution in [-0.2, 0) is 17.6 Å². The minimum absolute atomic E-state index is 0.00570. The topological polar surface area (TPSA) is 75.3 Å². The molecule has 6 heteroatoms. The second-order valence-corrected chi connectivity index (χ2v) is 7.06. The molecule has 27 heavy (non-hydrogen) atoms. The molecule has 3 rings (SSSR count). The van der Waals surface area contributed by atoms with Gasteiger partial charge in [-0.2, -0.15) is 0 Å². The van der Waals surface area contributed by atoms with E-state index in [0.29, 0.717) is 16.1 Å². The number of hydrogen-bond donors (Lipinski definition) is 2. The number of aryl methyl sites for hydroxylation is 2. The molecule has 2 aromatic carbocycles. The monoisotopic (exact) mass is 384 g/mol. The van der Waals surface area contributed by atoms with Gasteiger partial charge in [0.25, 0.3) is 5.91 Å². The van der Waals surface area contributed by atoms with Crippen LogP contribution in [0.15, 0.2) is 42.5 Å². The molecule has 0 saturated heterocycles. The predicted octanol–water partition coefficient (Wildman–Crippen LogP) is 3.64. The van der Waals surface area contributed by atoms with Gasteiger partial charge in [-0.25, -0.2) is 0 Å². The Morgan fingerprint density at radius 3 is 2.41 bits per heavy atom. The summed E-state index contributed by atoms with van der Waals surface area (Å²) >= 11 is 5.83. The van der Waals surface area contributed by atoms with Gasteiger partial charge < -0.3 is 0 Å². The van der Waals surface area contributed by atoms with Crippen molar-refractivity contribution in [1.82, 2.24) is 10.9 Å². The third-order valence-electron chi connectivity index (χ3n) is 4.65. The zero-order valence-electron chi connectivity index (χ0n) is 14.9. The molecule has 140 valence electrons. The number of ketones is 1. The van der Waals surface area contributed by atoms with Crippen molar-refractivity contribution in [2.45, 2.75) is 38.5 Å². The summed E-state index contributed by atoms with van der Waals surface area (Å²) in [6.45, 7) is 0. The van der Waals surface area contributed by atoms with Crippen LogP contribution in [0.2, 0.25) is 5.02 Å². The number of hydrogen-bond acceptors (Lipinski definition) is 3. The Bertz CT molecular complexity index is 879. The van der Waals surface area contributed by atoms with E-state index in [1.807, 2.05) is 18.2 Å². The van der Waals surface area contributed by atoms with Crippen molar-refractivity contribution in [3.8, 4) is 0 Å². The van der Waals surface area contributed by atoms with Crippen LogP contribution < -0.4 is 10.9 Å². The van der Waals surface area contributed by atoms with Crippen LogP contribution in [-0.4, -0.2) is 17.6 Å². The fraction of sp³-hybridized carbons (Fsp3) is 0.286. The molecule has 5 nitrogen and oxygen atoms in total. The van der Waals surface area contributed by atoms with Crippen LogP contribution in [0.4, 0.5) is 0 Å². The van der Waals surface area contributed by atoms with Crippen molar-refractivity contribution in [1.29, 1.82) is 0 Å². The normalized spacial score (nSPS) is 12.8. The molecule has 0 fully saturated rings. The number of fused-ring (bicyclic) bond motifs is 1. The highest BCUT2D eigenvalue weighted by Crippen LogP contribution is 2.23. The Kier molecular flexibility index (Phi) is 6.24. The van der Waals surface area contributed by atoms with Crippen molar-refractivity contribution in [3.63, 3.8) is 0 Å². The van der Waals surface area contributed by atoms with Gasteiger partial charge in [-0.1, -0.05) is 29.8 Å². The molecule has 0 aromatic heterocycles. The average Bonchev–Trinajstić information content (AvgIpc) is 2.69. The third kappa shape index (κ3) is 5.17. The number of hydrazine groups is 1. The molecule has 2 amide bonds. The Hall–Kier alpha value is -2.66. The summed E-state index contributed by atoms with van der Waals surface area (Å²) in [6.07, 6.45) is 4.52. The van der Waals surface area contributed by atoms with Gasteiger partial charge in [-0.15, -0.1) is 0 Å². The lowest BCUT2D eigenvalue weighted by Crippen LogP contribution is -2.41. The van der Waals surface area contributed by atoms with Crippen molar-refractivity contribution in [2.24, 2.45) is 0 Å². The Morgan fingerprint density at radius 1 is 0.852 bits per heavy atom. The van der Waals surface area contributed by atoms with Crippen LogP contribution in [0, 0.1) is 0 Å².